The van der Waals surface area contributed by atoms with Crippen molar-refractivity contribution in [1.29, 1.82) is 0 Å². The van der Waals surface area contributed by atoms with Crippen molar-refractivity contribution in [3.05, 3.63) is 23.3 Å². The predicted octanol–water partition coefficient (Wildman–Crippen LogP) is 2.87. The van der Waals surface area contributed by atoms with E-state index in [1.54, 1.807) is 0 Å². The molecule has 0 rings (SSSR count). The van der Waals surface area contributed by atoms with E-state index in [-0.39, 0.29) is 12.6 Å². The molecule has 0 amide bonds. The number of carbonyl (C=O) groups is 1. The van der Waals surface area contributed by atoms with Gasteiger partial charge < -0.3 is 9.47 Å². The van der Waals surface area contributed by atoms with Gasteiger partial charge in [0, 0.05) is 0 Å². The molecule has 92 valence electrons. The monoisotopic (exact) mass is 226 g/mol. The van der Waals surface area contributed by atoms with Crippen molar-refractivity contribution in [3.8, 4) is 0 Å². The largest absolute Gasteiger partial charge is 0.467 e. The molecule has 0 aromatic carbocycles. The predicted molar refractivity (Wildman–Crippen MR) is 65.3 cm³/mol. The Morgan fingerprint density at radius 1 is 1.19 bits per heavy atom. The second-order valence-corrected chi connectivity index (χ2v) is 3.96. The number of hydrogen-bond donors (Lipinski definition) is 0. The van der Waals surface area contributed by atoms with Gasteiger partial charge in [0.15, 0.2) is 0 Å². The fourth-order valence-corrected chi connectivity index (χ4v) is 1.09. The van der Waals surface area contributed by atoms with E-state index in [1.165, 1.54) is 18.3 Å². The summed E-state index contributed by atoms with van der Waals surface area (Å²) in [5, 5.41) is 0. The van der Waals surface area contributed by atoms with E-state index in [1.807, 2.05) is 6.08 Å². The first-order chi connectivity index (χ1) is 7.56. The summed E-state index contributed by atoms with van der Waals surface area (Å²) >= 11 is 0. The number of ether oxygens (including phenoxy) is 2. The van der Waals surface area contributed by atoms with Crippen LogP contribution in [0.5, 0.6) is 0 Å². The molecule has 0 aliphatic heterocycles. The van der Waals surface area contributed by atoms with Crippen molar-refractivity contribution in [1.82, 2.24) is 0 Å². The van der Waals surface area contributed by atoms with Crippen molar-refractivity contribution in [2.45, 2.75) is 33.6 Å². The molecule has 0 N–H and O–H groups in total. The van der Waals surface area contributed by atoms with Crippen LogP contribution >= 0.6 is 0 Å². The van der Waals surface area contributed by atoms with Crippen LogP contribution in [0.1, 0.15) is 33.6 Å². The van der Waals surface area contributed by atoms with E-state index in [2.05, 4.69) is 31.6 Å². The Morgan fingerprint density at radius 2 is 1.88 bits per heavy atom. The third-order valence-corrected chi connectivity index (χ3v) is 2.09. The molecule has 0 aliphatic rings. The Balaban J connectivity index is 3.63. The summed E-state index contributed by atoms with van der Waals surface area (Å²) in [6.07, 6.45) is 6.31. The minimum absolute atomic E-state index is 0.0221. The molecule has 0 aromatic rings. The standard InChI is InChI=1S/C13H22O3/c1-11(2)6-5-7-12(3)8-9-16-10-13(14)15-4/h6,8H,5,7,9-10H2,1-4H3/b12-8+. The maximum Gasteiger partial charge on any atom is 0.331 e. The number of esters is 1. The maximum absolute atomic E-state index is 10.7. The topological polar surface area (TPSA) is 35.5 Å². The minimum Gasteiger partial charge on any atom is -0.467 e. The van der Waals surface area contributed by atoms with Crippen LogP contribution in [0.2, 0.25) is 0 Å². The van der Waals surface area contributed by atoms with Crippen LogP contribution in [0, 0.1) is 0 Å². The van der Waals surface area contributed by atoms with Crippen LogP contribution in [0.15, 0.2) is 23.3 Å². The molecule has 0 unspecified atom stereocenters. The zero-order valence-corrected chi connectivity index (χ0v) is 10.7. The van der Waals surface area contributed by atoms with Crippen molar-refractivity contribution >= 4 is 5.97 Å². The Hall–Kier alpha value is -1.09. The second-order valence-electron chi connectivity index (χ2n) is 3.96. The summed E-state index contributed by atoms with van der Waals surface area (Å²) in [5.74, 6) is -0.337. The molecule has 0 spiro atoms. The van der Waals surface area contributed by atoms with E-state index in [0.717, 1.165) is 12.8 Å². The normalized spacial score (nSPS) is 11.1. The molecule has 0 aliphatic carbocycles. The maximum atomic E-state index is 10.7. The van der Waals surface area contributed by atoms with Crippen molar-refractivity contribution < 1.29 is 14.3 Å². The van der Waals surface area contributed by atoms with Gasteiger partial charge in [-0.25, -0.2) is 4.79 Å². The summed E-state index contributed by atoms with van der Waals surface area (Å²) in [5.41, 5.74) is 2.62. The van der Waals surface area contributed by atoms with Crippen molar-refractivity contribution in [3.63, 3.8) is 0 Å². The fraction of sp³-hybridized carbons (Fsp3) is 0.615. The molecule has 16 heavy (non-hydrogen) atoms. The van der Waals surface area contributed by atoms with Crippen LogP contribution in [-0.2, 0) is 14.3 Å². The molecule has 0 radical (unpaired) electrons. The lowest BCUT2D eigenvalue weighted by Crippen LogP contribution is -2.10. The smallest absolute Gasteiger partial charge is 0.331 e. The Morgan fingerprint density at radius 3 is 2.44 bits per heavy atom. The Kier molecular flexibility index (Phi) is 8.53. The van der Waals surface area contributed by atoms with Crippen LogP contribution in [0.3, 0.4) is 0 Å². The molecule has 0 bridgehead atoms. The van der Waals surface area contributed by atoms with Gasteiger partial charge in [0.2, 0.25) is 0 Å². The molecule has 0 heterocycles. The van der Waals surface area contributed by atoms with Crippen LogP contribution < -0.4 is 0 Å². The van der Waals surface area contributed by atoms with Gasteiger partial charge >= 0.3 is 5.97 Å². The molecular weight excluding hydrogens is 204 g/mol. The lowest BCUT2D eigenvalue weighted by molar-refractivity contribution is -0.145. The molecule has 0 atom stereocenters. The van der Waals surface area contributed by atoms with E-state index in [4.69, 9.17) is 4.74 Å². The van der Waals surface area contributed by atoms with E-state index < -0.39 is 0 Å². The lowest BCUT2D eigenvalue weighted by atomic mass is 10.1. The third-order valence-electron chi connectivity index (χ3n) is 2.09. The van der Waals surface area contributed by atoms with Gasteiger partial charge in [-0.3, -0.25) is 0 Å². The second kappa shape index (κ2) is 9.16. The number of hydrogen-bond acceptors (Lipinski definition) is 3. The van der Waals surface area contributed by atoms with Crippen LogP contribution in [-0.4, -0.2) is 26.3 Å². The average Bonchev–Trinajstić information content (AvgIpc) is 2.23. The van der Waals surface area contributed by atoms with E-state index >= 15 is 0 Å². The summed E-state index contributed by atoms with van der Waals surface area (Å²) in [6.45, 7) is 6.75. The zero-order chi connectivity index (χ0) is 12.4. The highest BCUT2D eigenvalue weighted by Gasteiger charge is 1.97. The molecule has 3 nitrogen and oxygen atoms in total. The summed E-state index contributed by atoms with van der Waals surface area (Å²) < 4.78 is 9.57. The first-order valence-electron chi connectivity index (χ1n) is 5.49. The highest BCUT2D eigenvalue weighted by molar-refractivity contribution is 5.70. The summed E-state index contributed by atoms with van der Waals surface area (Å²) in [4.78, 5) is 10.7. The van der Waals surface area contributed by atoms with Gasteiger partial charge in [-0.05, 0) is 33.6 Å². The highest BCUT2D eigenvalue weighted by Crippen LogP contribution is 2.06. The van der Waals surface area contributed by atoms with Crippen molar-refractivity contribution in [2.24, 2.45) is 0 Å². The van der Waals surface area contributed by atoms with Gasteiger partial charge in [-0.15, -0.1) is 0 Å². The number of rotatable bonds is 7. The van der Waals surface area contributed by atoms with Crippen LogP contribution in [0.25, 0.3) is 0 Å². The molecule has 0 saturated heterocycles. The first kappa shape index (κ1) is 14.9. The SMILES string of the molecule is COC(=O)COC/C=C(\C)CCC=C(C)C. The first-order valence-corrected chi connectivity index (χ1v) is 5.49. The van der Waals surface area contributed by atoms with Crippen molar-refractivity contribution in [2.75, 3.05) is 20.3 Å². The van der Waals surface area contributed by atoms with E-state index in [0.29, 0.717) is 6.61 Å². The third kappa shape index (κ3) is 9.46. The number of carbonyl (C=O) groups excluding carboxylic acids is 1. The van der Waals surface area contributed by atoms with Gasteiger partial charge in [0.1, 0.15) is 6.61 Å². The average molecular weight is 226 g/mol. The highest BCUT2D eigenvalue weighted by atomic mass is 16.6. The van der Waals surface area contributed by atoms with Crippen LogP contribution in [0.4, 0.5) is 0 Å². The van der Waals surface area contributed by atoms with E-state index in [9.17, 15) is 4.79 Å². The zero-order valence-electron chi connectivity index (χ0n) is 10.7. The molecular formula is C13H22O3. The summed E-state index contributed by atoms with van der Waals surface area (Å²) in [7, 11) is 1.35. The molecule has 0 fully saturated rings. The fourth-order valence-electron chi connectivity index (χ4n) is 1.09. The molecule has 0 aromatic heterocycles. The molecule has 0 saturated carbocycles. The quantitative estimate of drug-likeness (QED) is 0.380. The number of methoxy groups -OCH3 is 1. The van der Waals surface area contributed by atoms with Gasteiger partial charge in [0.25, 0.3) is 0 Å². The summed E-state index contributed by atoms with van der Waals surface area (Å²) in [6, 6.07) is 0. The Bertz CT molecular complexity index is 260. The van der Waals surface area contributed by atoms with Gasteiger partial charge in [0.05, 0.1) is 13.7 Å². The minimum atomic E-state index is -0.337. The van der Waals surface area contributed by atoms with Gasteiger partial charge in [-0.1, -0.05) is 23.3 Å². The van der Waals surface area contributed by atoms with Gasteiger partial charge in [-0.2, -0.15) is 0 Å². The molecule has 3 heteroatoms. The Labute approximate surface area is 98.1 Å². The number of allylic oxidation sites excluding steroid dienone is 3. The lowest BCUT2D eigenvalue weighted by Gasteiger charge is -2.01.